The van der Waals surface area contributed by atoms with Crippen LogP contribution in [0, 0.1) is 0 Å². The van der Waals surface area contributed by atoms with Crippen LogP contribution in [0.2, 0.25) is 10.2 Å². The molecule has 6 heteroatoms. The van der Waals surface area contributed by atoms with Crippen molar-refractivity contribution in [3.8, 4) is 0 Å². The smallest absolute Gasteiger partial charge is 0.255 e. The van der Waals surface area contributed by atoms with Gasteiger partial charge in [0.1, 0.15) is 5.15 Å². The second kappa shape index (κ2) is 9.16. The summed E-state index contributed by atoms with van der Waals surface area (Å²) in [7, 11) is 0. The predicted octanol–water partition coefficient (Wildman–Crippen LogP) is 3.40. The van der Waals surface area contributed by atoms with Gasteiger partial charge < -0.3 is 10.0 Å². The van der Waals surface area contributed by atoms with Crippen molar-refractivity contribution in [2.45, 2.75) is 32.6 Å². The summed E-state index contributed by atoms with van der Waals surface area (Å²) in [4.78, 5) is 17.8. The molecule has 0 aliphatic carbocycles. The zero-order valence-electron chi connectivity index (χ0n) is 11.6. The van der Waals surface area contributed by atoms with Crippen LogP contribution in [0.3, 0.4) is 0 Å². The van der Waals surface area contributed by atoms with Crippen molar-refractivity contribution in [1.82, 2.24) is 9.88 Å². The minimum absolute atomic E-state index is 0.0612. The Morgan fingerprint density at radius 3 is 2.65 bits per heavy atom. The van der Waals surface area contributed by atoms with Crippen LogP contribution in [0.1, 0.15) is 43.0 Å². The third-order valence-corrected chi connectivity index (χ3v) is 3.67. The molecule has 0 radical (unpaired) electrons. The summed E-state index contributed by atoms with van der Waals surface area (Å²) in [5.74, 6) is -0.179. The van der Waals surface area contributed by atoms with E-state index in [2.05, 4.69) is 11.9 Å². The monoisotopic (exact) mass is 318 g/mol. The van der Waals surface area contributed by atoms with E-state index in [0.29, 0.717) is 18.7 Å². The zero-order chi connectivity index (χ0) is 15.0. The Kier molecular flexibility index (Phi) is 7.88. The molecule has 0 fully saturated rings. The van der Waals surface area contributed by atoms with Crippen molar-refractivity contribution in [2.75, 3.05) is 19.7 Å². The van der Waals surface area contributed by atoms with Crippen molar-refractivity contribution < 1.29 is 9.90 Å². The van der Waals surface area contributed by atoms with Crippen molar-refractivity contribution in [3.63, 3.8) is 0 Å². The Morgan fingerprint density at radius 1 is 1.30 bits per heavy atom. The lowest BCUT2D eigenvalue weighted by Gasteiger charge is -2.21. The summed E-state index contributed by atoms with van der Waals surface area (Å²) in [5.41, 5.74) is 0.392. The van der Waals surface area contributed by atoms with Gasteiger partial charge in [-0.05, 0) is 12.5 Å². The predicted molar refractivity (Wildman–Crippen MR) is 81.4 cm³/mol. The van der Waals surface area contributed by atoms with Gasteiger partial charge in [0.05, 0.1) is 17.2 Å². The normalized spacial score (nSPS) is 10.6. The van der Waals surface area contributed by atoms with E-state index in [1.807, 2.05) is 0 Å². The highest BCUT2D eigenvalue weighted by Gasteiger charge is 2.16. The number of carbonyl (C=O) groups excluding carboxylic acids is 1. The molecule has 0 aliphatic rings. The van der Waals surface area contributed by atoms with Crippen molar-refractivity contribution in [2.24, 2.45) is 0 Å². The van der Waals surface area contributed by atoms with Gasteiger partial charge in [-0.3, -0.25) is 4.79 Å². The molecular weight excluding hydrogens is 299 g/mol. The van der Waals surface area contributed by atoms with E-state index in [4.69, 9.17) is 28.3 Å². The molecule has 1 N–H and O–H groups in total. The van der Waals surface area contributed by atoms with E-state index in [1.54, 1.807) is 4.90 Å². The molecular formula is C14H20Cl2N2O2. The second-order valence-corrected chi connectivity index (χ2v) is 5.34. The summed E-state index contributed by atoms with van der Waals surface area (Å²) >= 11 is 11.6. The molecule has 1 rings (SSSR count). The third kappa shape index (κ3) is 5.27. The first kappa shape index (κ1) is 17.2. The third-order valence-electron chi connectivity index (χ3n) is 2.98. The summed E-state index contributed by atoms with van der Waals surface area (Å²) < 4.78 is 0. The van der Waals surface area contributed by atoms with Crippen molar-refractivity contribution >= 4 is 29.1 Å². The molecule has 0 spiro atoms. The first-order valence-corrected chi connectivity index (χ1v) is 7.57. The SMILES string of the molecule is CCCCCCN(CCO)C(=O)c1cnc(Cl)c(Cl)c1. The van der Waals surface area contributed by atoms with Crippen molar-refractivity contribution in [3.05, 3.63) is 28.0 Å². The topological polar surface area (TPSA) is 53.4 Å². The number of nitrogens with zero attached hydrogens (tertiary/aromatic N) is 2. The number of pyridine rings is 1. The molecule has 0 saturated heterocycles. The number of aliphatic hydroxyl groups excluding tert-OH is 1. The fourth-order valence-corrected chi connectivity index (χ4v) is 2.16. The van der Waals surface area contributed by atoms with Gasteiger partial charge in [-0.15, -0.1) is 0 Å². The summed E-state index contributed by atoms with van der Waals surface area (Å²) in [6.45, 7) is 3.01. The molecule has 1 aromatic heterocycles. The molecule has 4 nitrogen and oxygen atoms in total. The van der Waals surface area contributed by atoms with Crippen LogP contribution >= 0.6 is 23.2 Å². The minimum atomic E-state index is -0.179. The Morgan fingerprint density at radius 2 is 2.05 bits per heavy atom. The average Bonchev–Trinajstić information content (AvgIpc) is 2.44. The molecule has 0 bridgehead atoms. The minimum Gasteiger partial charge on any atom is -0.395 e. The number of aromatic nitrogens is 1. The Bertz CT molecular complexity index is 441. The van der Waals surface area contributed by atoms with Crippen molar-refractivity contribution in [1.29, 1.82) is 0 Å². The van der Waals surface area contributed by atoms with E-state index in [1.165, 1.54) is 12.3 Å². The van der Waals surface area contributed by atoms with Crippen LogP contribution in [0.25, 0.3) is 0 Å². The first-order chi connectivity index (χ1) is 9.60. The fourth-order valence-electron chi connectivity index (χ4n) is 1.89. The Hall–Kier alpha value is -0.840. The number of hydrogen-bond donors (Lipinski definition) is 1. The number of amides is 1. The van der Waals surface area contributed by atoms with Crippen LogP contribution < -0.4 is 0 Å². The highest BCUT2D eigenvalue weighted by Crippen LogP contribution is 2.20. The van der Waals surface area contributed by atoms with E-state index >= 15 is 0 Å². The number of unbranched alkanes of at least 4 members (excludes halogenated alkanes) is 3. The highest BCUT2D eigenvalue weighted by molar-refractivity contribution is 6.41. The van der Waals surface area contributed by atoms with Crippen LogP contribution in [0.15, 0.2) is 12.3 Å². The van der Waals surface area contributed by atoms with Gasteiger partial charge in [0, 0.05) is 19.3 Å². The summed E-state index contributed by atoms with van der Waals surface area (Å²) in [5, 5.41) is 9.51. The van der Waals surface area contributed by atoms with E-state index < -0.39 is 0 Å². The lowest BCUT2D eigenvalue weighted by Crippen LogP contribution is -2.34. The zero-order valence-corrected chi connectivity index (χ0v) is 13.1. The number of aliphatic hydroxyl groups is 1. The molecule has 112 valence electrons. The Labute approximate surface area is 129 Å². The van der Waals surface area contributed by atoms with Gasteiger partial charge in [0.15, 0.2) is 0 Å². The summed E-state index contributed by atoms with van der Waals surface area (Å²) in [6.07, 6.45) is 5.70. The standard InChI is InChI=1S/C14H20Cl2N2O2/c1-2-3-4-5-6-18(7-8-19)14(20)11-9-12(15)13(16)17-10-11/h9-10,19H,2-8H2,1H3. The molecule has 20 heavy (non-hydrogen) atoms. The lowest BCUT2D eigenvalue weighted by atomic mass is 10.2. The number of carbonyl (C=O) groups is 1. The van der Waals surface area contributed by atoms with Crippen LogP contribution in [-0.2, 0) is 0 Å². The molecule has 0 saturated carbocycles. The number of hydrogen-bond acceptors (Lipinski definition) is 3. The molecule has 1 aromatic rings. The Balaban J connectivity index is 2.69. The quantitative estimate of drug-likeness (QED) is 0.590. The first-order valence-electron chi connectivity index (χ1n) is 6.81. The fraction of sp³-hybridized carbons (Fsp3) is 0.571. The number of rotatable bonds is 8. The van der Waals surface area contributed by atoms with Gasteiger partial charge in [-0.1, -0.05) is 49.4 Å². The van der Waals surface area contributed by atoms with Gasteiger partial charge in [-0.2, -0.15) is 0 Å². The van der Waals surface area contributed by atoms with Gasteiger partial charge >= 0.3 is 0 Å². The maximum Gasteiger partial charge on any atom is 0.255 e. The molecule has 0 unspecified atom stereocenters. The van der Waals surface area contributed by atoms with Crippen LogP contribution in [0.5, 0.6) is 0 Å². The maximum absolute atomic E-state index is 12.3. The molecule has 0 atom stereocenters. The molecule has 0 aromatic carbocycles. The van der Waals surface area contributed by atoms with Crippen LogP contribution in [0.4, 0.5) is 0 Å². The molecule has 0 aliphatic heterocycles. The van der Waals surface area contributed by atoms with E-state index in [9.17, 15) is 4.79 Å². The largest absolute Gasteiger partial charge is 0.395 e. The lowest BCUT2D eigenvalue weighted by molar-refractivity contribution is 0.0718. The second-order valence-electron chi connectivity index (χ2n) is 4.57. The maximum atomic E-state index is 12.3. The highest BCUT2D eigenvalue weighted by atomic mass is 35.5. The van der Waals surface area contributed by atoms with Gasteiger partial charge in [-0.25, -0.2) is 4.98 Å². The van der Waals surface area contributed by atoms with Gasteiger partial charge in [0.2, 0.25) is 0 Å². The summed E-state index contributed by atoms with van der Waals surface area (Å²) in [6, 6.07) is 1.51. The van der Waals surface area contributed by atoms with E-state index in [-0.39, 0.29) is 22.7 Å². The number of halogens is 2. The average molecular weight is 319 g/mol. The van der Waals surface area contributed by atoms with Gasteiger partial charge in [0.25, 0.3) is 5.91 Å². The molecule has 1 heterocycles. The van der Waals surface area contributed by atoms with E-state index in [0.717, 1.165) is 25.7 Å². The molecule has 1 amide bonds. The van der Waals surface area contributed by atoms with Crippen LogP contribution in [-0.4, -0.2) is 40.6 Å².